The Bertz CT molecular complexity index is 1080. The average Bonchev–Trinajstić information content (AvgIpc) is 2.84. The molecule has 0 amide bonds. The van der Waals surface area contributed by atoms with E-state index in [0.717, 1.165) is 46.5 Å². The zero-order chi connectivity index (χ0) is 21.8. The minimum absolute atomic E-state index is 0.312. The van der Waals surface area contributed by atoms with Gasteiger partial charge in [-0.3, -0.25) is 0 Å². The molecule has 31 heavy (non-hydrogen) atoms. The highest BCUT2D eigenvalue weighted by atomic mass is 16.5. The third-order valence-corrected chi connectivity index (χ3v) is 6.25. The van der Waals surface area contributed by atoms with Gasteiger partial charge in [0.25, 0.3) is 0 Å². The molecule has 158 valence electrons. The molecule has 5 heteroatoms. The van der Waals surface area contributed by atoms with Crippen LogP contribution in [-0.4, -0.2) is 24.7 Å². The number of aromatic nitrogens is 1. The quantitative estimate of drug-likeness (QED) is 0.569. The Labute approximate surface area is 184 Å². The summed E-state index contributed by atoms with van der Waals surface area (Å²) in [5.41, 5.74) is 12.3. The van der Waals surface area contributed by atoms with Gasteiger partial charge in [-0.15, -0.1) is 0 Å². The van der Waals surface area contributed by atoms with Crippen molar-refractivity contribution in [2.75, 3.05) is 24.6 Å². The first kappa shape index (κ1) is 20.9. The molecule has 2 aromatic carbocycles. The third kappa shape index (κ3) is 3.99. The van der Waals surface area contributed by atoms with E-state index in [1.165, 1.54) is 0 Å². The maximum absolute atomic E-state index is 9.23. The van der Waals surface area contributed by atoms with E-state index in [4.69, 9.17) is 15.5 Å². The highest BCUT2D eigenvalue weighted by Gasteiger charge is 2.25. The van der Waals surface area contributed by atoms with Gasteiger partial charge in [-0.05, 0) is 30.0 Å². The molecular formula is C26H28N4O. The number of pyridine rings is 1. The SMILES string of the molecule is CCC(N)(CC)c1ccc(-c2nc3c(cc2-c2ccccc2)N(CC#N)CCO3)cc1. The maximum atomic E-state index is 9.23. The Hall–Kier alpha value is -3.36. The molecule has 0 spiro atoms. The van der Waals surface area contributed by atoms with E-state index in [1.54, 1.807) is 0 Å². The lowest BCUT2D eigenvalue weighted by molar-refractivity contribution is 0.298. The van der Waals surface area contributed by atoms with E-state index in [-0.39, 0.29) is 5.54 Å². The number of nitrogens with zero attached hydrogens (tertiary/aromatic N) is 3. The second kappa shape index (κ2) is 8.79. The maximum Gasteiger partial charge on any atom is 0.238 e. The summed E-state index contributed by atoms with van der Waals surface area (Å²) in [6, 6.07) is 23.0. The molecule has 0 fully saturated rings. The number of ether oxygens (including phenoxy) is 1. The molecule has 0 radical (unpaired) electrons. The number of rotatable bonds is 6. The number of fused-ring (bicyclic) bond motifs is 1. The molecule has 0 atom stereocenters. The van der Waals surface area contributed by atoms with Crippen LogP contribution in [0.3, 0.4) is 0 Å². The van der Waals surface area contributed by atoms with Gasteiger partial charge in [0.2, 0.25) is 5.88 Å². The summed E-state index contributed by atoms with van der Waals surface area (Å²) < 4.78 is 5.88. The van der Waals surface area contributed by atoms with E-state index < -0.39 is 0 Å². The number of hydrogen-bond donors (Lipinski definition) is 1. The van der Waals surface area contributed by atoms with Crippen molar-refractivity contribution in [3.8, 4) is 34.3 Å². The molecule has 1 aromatic heterocycles. The molecule has 0 bridgehead atoms. The summed E-state index contributed by atoms with van der Waals surface area (Å²) in [6.07, 6.45) is 1.77. The van der Waals surface area contributed by atoms with Crippen LogP contribution in [0.4, 0.5) is 5.69 Å². The Kier molecular flexibility index (Phi) is 5.92. The van der Waals surface area contributed by atoms with Gasteiger partial charge in [-0.25, -0.2) is 4.98 Å². The van der Waals surface area contributed by atoms with Crippen molar-refractivity contribution in [1.82, 2.24) is 4.98 Å². The van der Waals surface area contributed by atoms with E-state index in [0.29, 0.717) is 25.6 Å². The second-order valence-corrected chi connectivity index (χ2v) is 7.94. The Morgan fingerprint density at radius 2 is 1.77 bits per heavy atom. The lowest BCUT2D eigenvalue weighted by Gasteiger charge is -2.30. The van der Waals surface area contributed by atoms with Gasteiger partial charge in [-0.2, -0.15) is 5.26 Å². The number of hydrogen-bond acceptors (Lipinski definition) is 5. The lowest BCUT2D eigenvalue weighted by Crippen LogP contribution is -2.34. The molecule has 2 N–H and O–H groups in total. The van der Waals surface area contributed by atoms with Crippen LogP contribution < -0.4 is 15.4 Å². The standard InChI is InChI=1S/C26H28N4O/c1-3-26(28,4-2)21-12-10-20(11-13-21)24-22(19-8-6-5-7-9-19)18-23-25(29-24)31-17-16-30(23)15-14-27/h5-13,18H,3-4,15-17,28H2,1-2H3. The summed E-state index contributed by atoms with van der Waals surface area (Å²) in [5, 5.41) is 9.23. The molecule has 0 aliphatic carbocycles. The van der Waals surface area contributed by atoms with Crippen LogP contribution in [0.15, 0.2) is 60.7 Å². The molecule has 4 rings (SSSR count). The number of nitrogens with two attached hydrogens (primary N) is 1. The summed E-state index contributed by atoms with van der Waals surface area (Å²) >= 11 is 0. The van der Waals surface area contributed by atoms with E-state index >= 15 is 0 Å². The fraction of sp³-hybridized carbons (Fsp3) is 0.308. The van der Waals surface area contributed by atoms with Gasteiger partial charge in [-0.1, -0.05) is 68.4 Å². The van der Waals surface area contributed by atoms with Gasteiger partial charge in [0.1, 0.15) is 18.8 Å². The van der Waals surface area contributed by atoms with Crippen LogP contribution in [0.5, 0.6) is 5.88 Å². The van der Waals surface area contributed by atoms with Crippen LogP contribution in [-0.2, 0) is 5.54 Å². The minimum atomic E-state index is -0.315. The summed E-state index contributed by atoms with van der Waals surface area (Å²) in [5.74, 6) is 0.579. The minimum Gasteiger partial charge on any atom is -0.474 e. The molecule has 0 saturated heterocycles. The van der Waals surface area contributed by atoms with Crippen LogP contribution in [0.25, 0.3) is 22.4 Å². The molecule has 5 nitrogen and oxygen atoms in total. The summed E-state index contributed by atoms with van der Waals surface area (Å²) in [7, 11) is 0. The van der Waals surface area contributed by atoms with Crippen LogP contribution in [0.1, 0.15) is 32.3 Å². The monoisotopic (exact) mass is 412 g/mol. The van der Waals surface area contributed by atoms with Gasteiger partial charge in [0, 0.05) is 16.7 Å². The zero-order valence-corrected chi connectivity index (χ0v) is 18.1. The zero-order valence-electron chi connectivity index (χ0n) is 18.1. The smallest absolute Gasteiger partial charge is 0.238 e. The topological polar surface area (TPSA) is 75.2 Å². The summed E-state index contributed by atoms with van der Waals surface area (Å²) in [4.78, 5) is 6.94. The highest BCUT2D eigenvalue weighted by Crippen LogP contribution is 2.40. The van der Waals surface area contributed by atoms with Gasteiger partial charge < -0.3 is 15.4 Å². The van der Waals surface area contributed by atoms with Crippen molar-refractivity contribution in [3.05, 3.63) is 66.2 Å². The van der Waals surface area contributed by atoms with Gasteiger partial charge >= 0.3 is 0 Å². The van der Waals surface area contributed by atoms with Crippen molar-refractivity contribution in [1.29, 1.82) is 5.26 Å². The van der Waals surface area contributed by atoms with Crippen molar-refractivity contribution in [2.24, 2.45) is 5.73 Å². The summed E-state index contributed by atoms with van der Waals surface area (Å²) in [6.45, 7) is 5.76. The number of anilines is 1. The fourth-order valence-electron chi connectivity index (χ4n) is 4.12. The van der Waals surface area contributed by atoms with Gasteiger partial charge in [0.15, 0.2) is 0 Å². The molecule has 1 aliphatic rings. The molecule has 0 unspecified atom stereocenters. The average molecular weight is 413 g/mol. The predicted octanol–water partition coefficient (Wildman–Crippen LogP) is 5.11. The second-order valence-electron chi connectivity index (χ2n) is 7.94. The lowest BCUT2D eigenvalue weighted by atomic mass is 9.85. The van der Waals surface area contributed by atoms with Crippen molar-refractivity contribution in [3.63, 3.8) is 0 Å². The Morgan fingerprint density at radius 1 is 1.06 bits per heavy atom. The first-order valence-corrected chi connectivity index (χ1v) is 10.8. The molecule has 3 aromatic rings. The van der Waals surface area contributed by atoms with Crippen molar-refractivity contribution < 1.29 is 4.74 Å². The molecule has 2 heterocycles. The largest absolute Gasteiger partial charge is 0.474 e. The molecule has 0 saturated carbocycles. The normalized spacial score (nSPS) is 13.3. The third-order valence-electron chi connectivity index (χ3n) is 6.25. The Balaban J connectivity index is 1.85. The first-order chi connectivity index (χ1) is 15.1. The van der Waals surface area contributed by atoms with Crippen molar-refractivity contribution >= 4 is 5.69 Å². The molecular weight excluding hydrogens is 384 g/mol. The van der Waals surface area contributed by atoms with Crippen LogP contribution in [0.2, 0.25) is 0 Å². The van der Waals surface area contributed by atoms with E-state index in [1.807, 2.05) is 23.1 Å². The first-order valence-electron chi connectivity index (χ1n) is 10.8. The van der Waals surface area contributed by atoms with Crippen molar-refractivity contribution in [2.45, 2.75) is 32.2 Å². The predicted molar refractivity (Wildman–Crippen MR) is 125 cm³/mol. The number of nitriles is 1. The van der Waals surface area contributed by atoms with Crippen LogP contribution >= 0.6 is 0 Å². The highest BCUT2D eigenvalue weighted by molar-refractivity contribution is 5.85. The number of benzene rings is 2. The Morgan fingerprint density at radius 3 is 2.42 bits per heavy atom. The van der Waals surface area contributed by atoms with Crippen LogP contribution in [0, 0.1) is 11.3 Å². The fourth-order valence-corrected chi connectivity index (χ4v) is 4.12. The van der Waals surface area contributed by atoms with E-state index in [2.05, 4.69) is 62.4 Å². The van der Waals surface area contributed by atoms with Gasteiger partial charge in [0.05, 0.1) is 18.3 Å². The molecule has 1 aliphatic heterocycles. The van der Waals surface area contributed by atoms with E-state index in [9.17, 15) is 5.26 Å².